The van der Waals surface area contributed by atoms with Crippen molar-refractivity contribution in [2.45, 2.75) is 91.4 Å². The Bertz CT molecular complexity index is 1230. The number of aryl methyl sites for hydroxylation is 2. The van der Waals surface area contributed by atoms with Crippen molar-refractivity contribution < 1.29 is 9.53 Å². The second kappa shape index (κ2) is 11.1. The Morgan fingerprint density at radius 1 is 1.20 bits per heavy atom. The average molecular weight is 481 g/mol. The highest BCUT2D eigenvalue weighted by molar-refractivity contribution is 5.80. The van der Waals surface area contributed by atoms with E-state index in [0.717, 1.165) is 47.7 Å². The van der Waals surface area contributed by atoms with Gasteiger partial charge in [0.1, 0.15) is 6.54 Å². The first kappa shape index (κ1) is 25.0. The molecule has 188 valence electrons. The molecule has 2 aromatic heterocycles. The van der Waals surface area contributed by atoms with Crippen LogP contribution in [0.3, 0.4) is 0 Å². The molecule has 9 heteroatoms. The van der Waals surface area contributed by atoms with Gasteiger partial charge in [-0.1, -0.05) is 26.2 Å². The number of nitrogens with zero attached hydrogens (tertiary/aromatic N) is 5. The highest BCUT2D eigenvalue weighted by Crippen LogP contribution is 2.34. The van der Waals surface area contributed by atoms with E-state index in [1.165, 1.54) is 18.4 Å². The number of H-pyrrole nitrogens is 1. The van der Waals surface area contributed by atoms with Gasteiger partial charge in [0.25, 0.3) is 5.56 Å². The van der Waals surface area contributed by atoms with Crippen molar-refractivity contribution in [3.05, 3.63) is 51.1 Å². The van der Waals surface area contributed by atoms with Crippen molar-refractivity contribution in [1.82, 2.24) is 30.1 Å². The molecule has 1 aromatic carbocycles. The largest absolute Gasteiger partial charge is 0.465 e. The van der Waals surface area contributed by atoms with Gasteiger partial charge in [0.15, 0.2) is 5.82 Å². The van der Waals surface area contributed by atoms with E-state index in [0.29, 0.717) is 25.0 Å². The molecule has 1 fully saturated rings. The molecule has 0 radical (unpaired) electrons. The fraction of sp³-hybridized carbons (Fsp3) is 0.577. The highest BCUT2D eigenvalue weighted by Gasteiger charge is 2.33. The predicted molar refractivity (Wildman–Crippen MR) is 134 cm³/mol. The number of aromatic amines is 1. The van der Waals surface area contributed by atoms with Crippen molar-refractivity contribution in [2.24, 2.45) is 0 Å². The molecular weight excluding hydrogens is 444 g/mol. The first-order valence-electron chi connectivity index (χ1n) is 12.7. The average Bonchev–Trinajstić information content (AvgIpc) is 3.50. The lowest BCUT2D eigenvalue weighted by Crippen LogP contribution is -2.39. The Balaban J connectivity index is 1.72. The van der Waals surface area contributed by atoms with Crippen LogP contribution >= 0.6 is 0 Å². The predicted octanol–water partition coefficient (Wildman–Crippen LogP) is 3.98. The second-order valence-corrected chi connectivity index (χ2v) is 9.56. The van der Waals surface area contributed by atoms with Crippen LogP contribution in [0, 0.1) is 13.8 Å². The van der Waals surface area contributed by atoms with E-state index in [9.17, 15) is 9.59 Å². The summed E-state index contributed by atoms with van der Waals surface area (Å²) >= 11 is 0. The minimum absolute atomic E-state index is 0.0237. The minimum atomic E-state index is -0.361. The summed E-state index contributed by atoms with van der Waals surface area (Å²) in [7, 11) is 0. The number of pyridine rings is 1. The van der Waals surface area contributed by atoms with Gasteiger partial charge in [0.2, 0.25) is 0 Å². The van der Waals surface area contributed by atoms with Crippen molar-refractivity contribution in [1.29, 1.82) is 0 Å². The van der Waals surface area contributed by atoms with Crippen LogP contribution in [0.25, 0.3) is 10.9 Å². The molecule has 2 heterocycles. The summed E-state index contributed by atoms with van der Waals surface area (Å²) in [6, 6.07) is 6.41. The molecule has 35 heavy (non-hydrogen) atoms. The number of fused-ring (bicyclic) bond motifs is 1. The Morgan fingerprint density at radius 3 is 2.66 bits per heavy atom. The van der Waals surface area contributed by atoms with Gasteiger partial charge in [0, 0.05) is 23.7 Å². The number of nitrogens with one attached hydrogen (secondary N) is 1. The third-order valence-electron chi connectivity index (χ3n) is 7.09. The molecule has 1 saturated carbocycles. The van der Waals surface area contributed by atoms with Crippen LogP contribution in [0.4, 0.5) is 0 Å². The van der Waals surface area contributed by atoms with Gasteiger partial charge in [-0.25, -0.2) is 4.68 Å². The van der Waals surface area contributed by atoms with Crippen molar-refractivity contribution in [2.75, 3.05) is 6.61 Å². The number of carbonyl (C=O) groups is 1. The molecular formula is C26H36N6O3. The van der Waals surface area contributed by atoms with E-state index in [-0.39, 0.29) is 24.1 Å². The molecule has 4 rings (SSSR count). The summed E-state index contributed by atoms with van der Waals surface area (Å²) in [4.78, 5) is 30.8. The summed E-state index contributed by atoms with van der Waals surface area (Å²) in [5, 5.41) is 13.4. The molecule has 1 N–H and O–H groups in total. The van der Waals surface area contributed by atoms with E-state index in [1.54, 1.807) is 11.6 Å². The maximum absolute atomic E-state index is 13.1. The van der Waals surface area contributed by atoms with E-state index in [2.05, 4.69) is 52.2 Å². The number of rotatable bonds is 10. The van der Waals surface area contributed by atoms with Crippen LogP contribution in [-0.4, -0.2) is 48.7 Å². The molecule has 0 spiro atoms. The molecule has 0 aliphatic heterocycles. The lowest BCUT2D eigenvalue weighted by atomic mass is 10.0. The van der Waals surface area contributed by atoms with Crippen LogP contribution in [-0.2, 0) is 22.6 Å². The number of tetrazole rings is 1. The highest BCUT2D eigenvalue weighted by atomic mass is 16.5. The van der Waals surface area contributed by atoms with E-state index >= 15 is 0 Å². The number of hydrogen-bond donors (Lipinski definition) is 1. The second-order valence-electron chi connectivity index (χ2n) is 9.56. The molecule has 1 aliphatic rings. The van der Waals surface area contributed by atoms with E-state index in [4.69, 9.17) is 4.74 Å². The molecule has 0 unspecified atom stereocenters. The van der Waals surface area contributed by atoms with Crippen molar-refractivity contribution in [3.8, 4) is 0 Å². The standard InChI is InChI=1S/C26H36N6O3/c1-5-9-23(25-28-29-30-32(25)16-24(33)35-6-2)31(21-10-7-8-11-21)15-20-14-19-12-17(3)18(4)13-22(19)27-26(20)34/h12-14,21,23H,5-11,15-16H2,1-4H3,(H,27,34)/t23-/m1/s1. The number of esters is 1. The molecule has 3 aromatic rings. The van der Waals surface area contributed by atoms with Gasteiger partial charge >= 0.3 is 5.97 Å². The topological polar surface area (TPSA) is 106 Å². The van der Waals surface area contributed by atoms with Gasteiger partial charge < -0.3 is 9.72 Å². The van der Waals surface area contributed by atoms with Crippen LogP contribution in [0.1, 0.15) is 80.9 Å². The van der Waals surface area contributed by atoms with Gasteiger partial charge in [-0.15, -0.1) is 5.10 Å². The third kappa shape index (κ3) is 5.61. The number of carbonyl (C=O) groups excluding carboxylic acids is 1. The quantitative estimate of drug-likeness (QED) is 0.438. The molecule has 1 aliphatic carbocycles. The number of benzene rings is 1. The van der Waals surface area contributed by atoms with Gasteiger partial charge in [-0.3, -0.25) is 14.5 Å². The molecule has 0 saturated heterocycles. The SMILES string of the molecule is CCC[C@H](c1nnnn1CC(=O)OCC)N(Cc1cc2cc(C)c(C)cc2[nH]c1=O)C1CCCC1. The van der Waals surface area contributed by atoms with E-state index in [1.807, 2.05) is 12.1 Å². The summed E-state index contributed by atoms with van der Waals surface area (Å²) < 4.78 is 6.68. The Morgan fingerprint density at radius 2 is 1.94 bits per heavy atom. The van der Waals surface area contributed by atoms with Crippen LogP contribution < -0.4 is 5.56 Å². The summed E-state index contributed by atoms with van der Waals surface area (Å²) in [5.41, 5.74) is 3.89. The summed E-state index contributed by atoms with van der Waals surface area (Å²) in [6.07, 6.45) is 6.23. The zero-order chi connectivity index (χ0) is 24.9. The van der Waals surface area contributed by atoms with Gasteiger partial charge in [-0.2, -0.15) is 0 Å². The molecule has 1 atom stereocenters. The molecule has 9 nitrogen and oxygen atoms in total. The lowest BCUT2D eigenvalue weighted by molar-refractivity contribution is -0.144. The van der Waals surface area contributed by atoms with Gasteiger partial charge in [-0.05, 0) is 85.2 Å². The fourth-order valence-electron chi connectivity index (χ4n) is 5.17. The monoisotopic (exact) mass is 480 g/mol. The number of hydrogen-bond acceptors (Lipinski definition) is 7. The smallest absolute Gasteiger partial charge is 0.327 e. The van der Waals surface area contributed by atoms with E-state index < -0.39 is 0 Å². The first-order chi connectivity index (χ1) is 16.9. The van der Waals surface area contributed by atoms with Crippen molar-refractivity contribution in [3.63, 3.8) is 0 Å². The molecule has 0 bridgehead atoms. The minimum Gasteiger partial charge on any atom is -0.465 e. The first-order valence-corrected chi connectivity index (χ1v) is 12.7. The van der Waals surface area contributed by atoms with Gasteiger partial charge in [0.05, 0.1) is 12.6 Å². The Kier molecular flexibility index (Phi) is 7.95. The lowest BCUT2D eigenvalue weighted by Gasteiger charge is -2.35. The third-order valence-corrected chi connectivity index (χ3v) is 7.09. The summed E-state index contributed by atoms with van der Waals surface area (Å²) in [6.45, 7) is 8.84. The van der Waals surface area contributed by atoms with Crippen LogP contribution in [0.15, 0.2) is 23.0 Å². The number of ether oxygens (including phenoxy) is 1. The van der Waals surface area contributed by atoms with Crippen LogP contribution in [0.2, 0.25) is 0 Å². The zero-order valence-corrected chi connectivity index (χ0v) is 21.2. The maximum atomic E-state index is 13.1. The van der Waals surface area contributed by atoms with Crippen molar-refractivity contribution >= 4 is 16.9 Å². The zero-order valence-electron chi connectivity index (χ0n) is 21.2. The Labute approximate surface area is 205 Å². The Hall–Kier alpha value is -3.07. The fourth-order valence-corrected chi connectivity index (χ4v) is 5.17. The number of aromatic nitrogens is 5. The maximum Gasteiger partial charge on any atom is 0.327 e. The molecule has 0 amide bonds. The summed E-state index contributed by atoms with van der Waals surface area (Å²) in [5.74, 6) is 0.288. The van der Waals surface area contributed by atoms with Crippen LogP contribution in [0.5, 0.6) is 0 Å². The normalized spacial score (nSPS) is 15.2.